The first-order valence-corrected chi connectivity index (χ1v) is 5.75. The SMILES string of the molecule is CCOC(=O)C(C)C(C#N)(CC)C(=O)OCC. The second-order valence-corrected chi connectivity index (χ2v) is 3.63. The summed E-state index contributed by atoms with van der Waals surface area (Å²) in [5, 5.41) is 9.20. The highest BCUT2D eigenvalue weighted by atomic mass is 16.5. The lowest BCUT2D eigenvalue weighted by Gasteiger charge is -2.27. The molecule has 0 spiro atoms. The maximum Gasteiger partial charge on any atom is 0.327 e. The number of nitrogens with zero attached hydrogens (tertiary/aromatic N) is 1. The van der Waals surface area contributed by atoms with Gasteiger partial charge in [0.1, 0.15) is 0 Å². The van der Waals surface area contributed by atoms with Gasteiger partial charge in [-0.1, -0.05) is 6.92 Å². The second kappa shape index (κ2) is 6.89. The number of rotatable bonds is 6. The van der Waals surface area contributed by atoms with E-state index in [-0.39, 0.29) is 19.6 Å². The molecule has 2 unspecified atom stereocenters. The molecule has 5 heteroatoms. The van der Waals surface area contributed by atoms with Gasteiger partial charge in [-0.3, -0.25) is 9.59 Å². The van der Waals surface area contributed by atoms with Crippen LogP contribution in [-0.2, 0) is 19.1 Å². The molecule has 96 valence electrons. The van der Waals surface area contributed by atoms with Crippen molar-refractivity contribution in [3.8, 4) is 6.07 Å². The first kappa shape index (κ1) is 15.4. The minimum absolute atomic E-state index is 0.178. The molecule has 0 aromatic carbocycles. The molecule has 0 saturated heterocycles. The van der Waals surface area contributed by atoms with Crippen LogP contribution in [0, 0.1) is 22.7 Å². The average molecular weight is 241 g/mol. The molecular formula is C12H19NO4. The molecule has 0 N–H and O–H groups in total. The summed E-state index contributed by atoms with van der Waals surface area (Å²) < 4.78 is 9.71. The van der Waals surface area contributed by atoms with Crippen LogP contribution >= 0.6 is 0 Å². The zero-order valence-electron chi connectivity index (χ0n) is 10.8. The van der Waals surface area contributed by atoms with Crippen molar-refractivity contribution in [3.63, 3.8) is 0 Å². The third kappa shape index (κ3) is 3.19. The third-order valence-electron chi connectivity index (χ3n) is 2.78. The summed E-state index contributed by atoms with van der Waals surface area (Å²) >= 11 is 0. The van der Waals surface area contributed by atoms with E-state index in [2.05, 4.69) is 0 Å². The molecule has 0 radical (unpaired) electrons. The topological polar surface area (TPSA) is 76.4 Å². The first-order chi connectivity index (χ1) is 7.99. The molecule has 0 aromatic rings. The van der Waals surface area contributed by atoms with E-state index < -0.39 is 23.3 Å². The fourth-order valence-corrected chi connectivity index (χ4v) is 1.58. The smallest absolute Gasteiger partial charge is 0.327 e. The van der Waals surface area contributed by atoms with Crippen molar-refractivity contribution in [3.05, 3.63) is 0 Å². The van der Waals surface area contributed by atoms with E-state index in [0.717, 1.165) is 0 Å². The van der Waals surface area contributed by atoms with Gasteiger partial charge in [-0.25, -0.2) is 0 Å². The molecule has 17 heavy (non-hydrogen) atoms. The molecule has 0 amide bonds. The molecular weight excluding hydrogens is 222 g/mol. The van der Waals surface area contributed by atoms with Crippen molar-refractivity contribution in [2.45, 2.75) is 34.1 Å². The van der Waals surface area contributed by atoms with Crippen LogP contribution in [0.25, 0.3) is 0 Å². The summed E-state index contributed by atoms with van der Waals surface area (Å²) in [4.78, 5) is 23.5. The molecule has 2 atom stereocenters. The van der Waals surface area contributed by atoms with E-state index in [0.29, 0.717) is 0 Å². The number of nitriles is 1. The Balaban J connectivity index is 5.14. The fraction of sp³-hybridized carbons (Fsp3) is 0.750. The predicted octanol–water partition coefficient (Wildman–Crippen LogP) is 1.67. The molecule has 0 saturated carbocycles. The summed E-state index contributed by atoms with van der Waals surface area (Å²) in [5.41, 5.74) is -1.46. The Kier molecular flexibility index (Phi) is 6.26. The molecule has 0 bridgehead atoms. The van der Waals surface area contributed by atoms with Crippen LogP contribution in [0.2, 0.25) is 0 Å². The fourth-order valence-electron chi connectivity index (χ4n) is 1.58. The summed E-state index contributed by atoms with van der Waals surface area (Å²) in [5.74, 6) is -2.05. The molecule has 0 aliphatic heterocycles. The van der Waals surface area contributed by atoms with Crippen molar-refractivity contribution in [1.29, 1.82) is 5.26 Å². The van der Waals surface area contributed by atoms with Gasteiger partial charge in [0.05, 0.1) is 25.2 Å². The van der Waals surface area contributed by atoms with Crippen molar-refractivity contribution in [2.75, 3.05) is 13.2 Å². The Morgan fingerprint density at radius 2 is 1.76 bits per heavy atom. The van der Waals surface area contributed by atoms with Crippen LogP contribution in [-0.4, -0.2) is 25.2 Å². The van der Waals surface area contributed by atoms with Crippen molar-refractivity contribution in [2.24, 2.45) is 11.3 Å². The van der Waals surface area contributed by atoms with E-state index in [4.69, 9.17) is 9.47 Å². The number of carbonyl (C=O) groups excluding carboxylic acids is 2. The Morgan fingerprint density at radius 1 is 1.24 bits per heavy atom. The lowest BCUT2D eigenvalue weighted by molar-refractivity contribution is -0.164. The normalized spacial score (nSPS) is 15.2. The van der Waals surface area contributed by atoms with E-state index in [1.165, 1.54) is 6.92 Å². The van der Waals surface area contributed by atoms with E-state index in [9.17, 15) is 14.9 Å². The number of hydrogen-bond acceptors (Lipinski definition) is 5. The molecule has 0 aliphatic carbocycles. The van der Waals surface area contributed by atoms with Gasteiger partial charge in [-0.2, -0.15) is 5.26 Å². The summed E-state index contributed by atoms with van der Waals surface area (Å²) in [6, 6.07) is 1.91. The van der Waals surface area contributed by atoms with Gasteiger partial charge in [0, 0.05) is 0 Å². The Bertz CT molecular complexity index is 321. The Morgan fingerprint density at radius 3 is 2.12 bits per heavy atom. The molecule has 0 aromatic heterocycles. The molecule has 0 heterocycles. The highest BCUT2D eigenvalue weighted by molar-refractivity contribution is 5.87. The number of ether oxygens (including phenoxy) is 2. The maximum atomic E-state index is 11.8. The largest absolute Gasteiger partial charge is 0.466 e. The quantitative estimate of drug-likeness (QED) is 0.661. The lowest BCUT2D eigenvalue weighted by Crippen LogP contribution is -2.41. The molecule has 0 rings (SSSR count). The zero-order valence-corrected chi connectivity index (χ0v) is 10.8. The third-order valence-corrected chi connectivity index (χ3v) is 2.78. The lowest BCUT2D eigenvalue weighted by atomic mass is 9.75. The highest BCUT2D eigenvalue weighted by Crippen LogP contribution is 2.33. The van der Waals surface area contributed by atoms with Gasteiger partial charge >= 0.3 is 11.9 Å². The van der Waals surface area contributed by atoms with Crippen LogP contribution in [0.4, 0.5) is 0 Å². The molecule has 0 aliphatic rings. The number of carbonyl (C=O) groups is 2. The van der Waals surface area contributed by atoms with Crippen LogP contribution in [0.1, 0.15) is 34.1 Å². The monoisotopic (exact) mass is 241 g/mol. The molecule has 5 nitrogen and oxygen atoms in total. The number of hydrogen-bond donors (Lipinski definition) is 0. The minimum Gasteiger partial charge on any atom is -0.466 e. The van der Waals surface area contributed by atoms with Crippen molar-refractivity contribution >= 4 is 11.9 Å². The Labute approximate surface area is 102 Å². The van der Waals surface area contributed by atoms with E-state index in [1.54, 1.807) is 20.8 Å². The minimum atomic E-state index is -1.46. The van der Waals surface area contributed by atoms with Crippen LogP contribution < -0.4 is 0 Å². The van der Waals surface area contributed by atoms with Gasteiger partial charge in [0.15, 0.2) is 5.41 Å². The van der Waals surface area contributed by atoms with Gasteiger partial charge in [-0.05, 0) is 27.2 Å². The maximum absolute atomic E-state index is 11.8. The zero-order chi connectivity index (χ0) is 13.5. The van der Waals surface area contributed by atoms with E-state index in [1.807, 2.05) is 6.07 Å². The predicted molar refractivity (Wildman–Crippen MR) is 60.8 cm³/mol. The molecule has 0 fully saturated rings. The van der Waals surface area contributed by atoms with Gasteiger partial charge in [0.2, 0.25) is 0 Å². The summed E-state index contributed by atoms with van der Waals surface area (Å²) in [6.07, 6.45) is 0.211. The van der Waals surface area contributed by atoms with Crippen molar-refractivity contribution in [1.82, 2.24) is 0 Å². The Hall–Kier alpha value is -1.57. The second-order valence-electron chi connectivity index (χ2n) is 3.63. The van der Waals surface area contributed by atoms with Crippen LogP contribution in [0.3, 0.4) is 0 Å². The standard InChI is InChI=1S/C12H19NO4/c1-5-12(8-13,11(15)17-7-3)9(4)10(14)16-6-2/h9H,5-7H2,1-4H3. The van der Waals surface area contributed by atoms with Crippen LogP contribution in [0.5, 0.6) is 0 Å². The van der Waals surface area contributed by atoms with Gasteiger partial charge in [0.25, 0.3) is 0 Å². The van der Waals surface area contributed by atoms with Crippen molar-refractivity contribution < 1.29 is 19.1 Å². The summed E-state index contributed by atoms with van der Waals surface area (Å²) in [7, 11) is 0. The average Bonchev–Trinajstić information content (AvgIpc) is 2.31. The van der Waals surface area contributed by atoms with Gasteiger partial charge in [-0.15, -0.1) is 0 Å². The van der Waals surface area contributed by atoms with E-state index >= 15 is 0 Å². The number of esters is 2. The summed E-state index contributed by atoms with van der Waals surface area (Å²) in [6.45, 7) is 6.92. The first-order valence-electron chi connectivity index (χ1n) is 5.75. The van der Waals surface area contributed by atoms with Gasteiger partial charge < -0.3 is 9.47 Å². The van der Waals surface area contributed by atoms with Crippen LogP contribution in [0.15, 0.2) is 0 Å². The highest BCUT2D eigenvalue weighted by Gasteiger charge is 2.48.